The van der Waals surface area contributed by atoms with Crippen LogP contribution in [0.2, 0.25) is 0 Å². The number of halogens is 2. The zero-order valence-corrected chi connectivity index (χ0v) is 8.94. The standard InChI is InChI=1S/C7H8BrI/c1-7(9)4-2-6(8)3-5-7/h2-4H,5H2,1H3. The van der Waals surface area contributed by atoms with Crippen molar-refractivity contribution in [2.24, 2.45) is 0 Å². The van der Waals surface area contributed by atoms with E-state index < -0.39 is 0 Å². The lowest BCUT2D eigenvalue weighted by Crippen LogP contribution is -2.11. The first kappa shape index (κ1) is 7.79. The van der Waals surface area contributed by atoms with Crippen molar-refractivity contribution in [3.8, 4) is 0 Å². The molecule has 50 valence electrons. The lowest BCUT2D eigenvalue weighted by atomic mass is 10.0. The lowest BCUT2D eigenvalue weighted by molar-refractivity contribution is 0.835. The second-order valence-electron chi connectivity index (χ2n) is 2.40. The van der Waals surface area contributed by atoms with Crippen molar-refractivity contribution in [2.45, 2.75) is 16.8 Å². The molecule has 0 aromatic carbocycles. The summed E-state index contributed by atoms with van der Waals surface area (Å²) in [6.07, 6.45) is 7.66. The number of rotatable bonds is 0. The van der Waals surface area contributed by atoms with Crippen LogP contribution in [0.3, 0.4) is 0 Å². The third-order valence-corrected chi connectivity index (χ3v) is 2.67. The molecule has 0 N–H and O–H groups in total. The van der Waals surface area contributed by atoms with E-state index in [1.807, 2.05) is 0 Å². The molecule has 0 bridgehead atoms. The molecule has 0 aliphatic heterocycles. The number of hydrogen-bond acceptors (Lipinski definition) is 0. The summed E-state index contributed by atoms with van der Waals surface area (Å²) in [4.78, 5) is 0. The van der Waals surface area contributed by atoms with Crippen molar-refractivity contribution in [1.29, 1.82) is 0 Å². The van der Waals surface area contributed by atoms with Crippen LogP contribution in [0.25, 0.3) is 0 Å². The molecule has 9 heavy (non-hydrogen) atoms. The highest BCUT2D eigenvalue weighted by Gasteiger charge is 2.16. The average molecular weight is 299 g/mol. The summed E-state index contributed by atoms with van der Waals surface area (Å²) in [5.41, 5.74) is 0. The molecule has 1 aliphatic rings. The molecule has 0 nitrogen and oxygen atoms in total. The summed E-state index contributed by atoms with van der Waals surface area (Å²) >= 11 is 5.86. The van der Waals surface area contributed by atoms with E-state index in [1.165, 1.54) is 4.48 Å². The van der Waals surface area contributed by atoms with Crippen LogP contribution < -0.4 is 0 Å². The monoisotopic (exact) mass is 298 g/mol. The van der Waals surface area contributed by atoms with Crippen LogP contribution in [0.5, 0.6) is 0 Å². The van der Waals surface area contributed by atoms with Crippen LogP contribution >= 0.6 is 38.5 Å². The normalized spacial score (nSPS) is 34.3. The third-order valence-electron chi connectivity index (χ3n) is 1.29. The Balaban J connectivity index is 2.70. The van der Waals surface area contributed by atoms with Crippen LogP contribution in [0, 0.1) is 0 Å². The third kappa shape index (κ3) is 2.42. The molecule has 1 aliphatic carbocycles. The van der Waals surface area contributed by atoms with Crippen molar-refractivity contribution >= 4 is 38.5 Å². The van der Waals surface area contributed by atoms with Gasteiger partial charge in [0.2, 0.25) is 0 Å². The minimum atomic E-state index is 0.342. The fraction of sp³-hybridized carbons (Fsp3) is 0.429. The van der Waals surface area contributed by atoms with E-state index in [0.717, 1.165) is 6.42 Å². The van der Waals surface area contributed by atoms with Gasteiger partial charge >= 0.3 is 0 Å². The van der Waals surface area contributed by atoms with E-state index in [2.05, 4.69) is 63.7 Å². The highest BCUT2D eigenvalue weighted by molar-refractivity contribution is 14.1. The quantitative estimate of drug-likeness (QED) is 0.475. The van der Waals surface area contributed by atoms with Crippen molar-refractivity contribution in [3.63, 3.8) is 0 Å². The molecule has 1 atom stereocenters. The van der Waals surface area contributed by atoms with E-state index in [0.29, 0.717) is 3.42 Å². The van der Waals surface area contributed by atoms with Gasteiger partial charge < -0.3 is 0 Å². The maximum atomic E-state index is 3.41. The largest absolute Gasteiger partial charge is 0.0743 e. The molecule has 0 aromatic rings. The predicted octanol–water partition coefficient (Wildman–Crippen LogP) is 3.42. The molecule has 0 saturated heterocycles. The maximum absolute atomic E-state index is 3.41. The first-order chi connectivity index (χ1) is 4.10. The molecule has 0 amide bonds. The summed E-state index contributed by atoms with van der Waals surface area (Å²) < 4.78 is 1.55. The molecule has 1 rings (SSSR count). The van der Waals surface area contributed by atoms with Crippen molar-refractivity contribution in [2.75, 3.05) is 0 Å². The zero-order chi connectivity index (χ0) is 6.91. The van der Waals surface area contributed by atoms with Crippen LogP contribution in [-0.4, -0.2) is 3.42 Å². The summed E-state index contributed by atoms with van der Waals surface area (Å²) in [6.45, 7) is 2.22. The van der Waals surface area contributed by atoms with Gasteiger partial charge in [-0.25, -0.2) is 0 Å². The van der Waals surface area contributed by atoms with Crippen molar-refractivity contribution < 1.29 is 0 Å². The van der Waals surface area contributed by atoms with Gasteiger partial charge in [0.1, 0.15) is 0 Å². The average Bonchev–Trinajstić information content (AvgIpc) is 1.78. The molecule has 0 heterocycles. The topological polar surface area (TPSA) is 0 Å². The van der Waals surface area contributed by atoms with Gasteiger partial charge in [-0.2, -0.15) is 0 Å². The SMILES string of the molecule is CC1(I)C=CC(Br)=CC1. The van der Waals surface area contributed by atoms with Gasteiger partial charge in [0, 0.05) is 7.90 Å². The van der Waals surface area contributed by atoms with Gasteiger partial charge in [-0.05, 0) is 13.3 Å². The minimum absolute atomic E-state index is 0.342. The Hall–Kier alpha value is 0.690. The van der Waals surface area contributed by atoms with Gasteiger partial charge in [0.15, 0.2) is 0 Å². The maximum Gasteiger partial charge on any atom is 0.0411 e. The van der Waals surface area contributed by atoms with Crippen LogP contribution in [0.4, 0.5) is 0 Å². The molecule has 0 fully saturated rings. The lowest BCUT2D eigenvalue weighted by Gasteiger charge is -2.18. The fourth-order valence-electron chi connectivity index (χ4n) is 0.687. The van der Waals surface area contributed by atoms with Crippen LogP contribution in [0.1, 0.15) is 13.3 Å². The van der Waals surface area contributed by atoms with Gasteiger partial charge in [-0.1, -0.05) is 56.7 Å². The Morgan fingerprint density at radius 2 is 2.44 bits per heavy atom. The Bertz CT molecular complexity index is 168. The second-order valence-corrected chi connectivity index (χ2v) is 5.78. The molecular weight excluding hydrogens is 291 g/mol. The molecular formula is C7H8BrI. The van der Waals surface area contributed by atoms with E-state index in [4.69, 9.17) is 0 Å². The number of hydrogen-bond donors (Lipinski definition) is 0. The van der Waals surface area contributed by atoms with Gasteiger partial charge in [-0.3, -0.25) is 0 Å². The molecule has 0 spiro atoms. The highest BCUT2D eigenvalue weighted by atomic mass is 127. The zero-order valence-electron chi connectivity index (χ0n) is 5.20. The Labute approximate surface area is 77.7 Å². The second kappa shape index (κ2) is 2.74. The molecule has 0 aromatic heterocycles. The summed E-state index contributed by atoms with van der Waals surface area (Å²) in [6, 6.07) is 0. The number of allylic oxidation sites excluding steroid dienone is 4. The Kier molecular flexibility index (Phi) is 2.37. The molecule has 1 unspecified atom stereocenters. The van der Waals surface area contributed by atoms with Crippen LogP contribution in [0.15, 0.2) is 22.7 Å². The summed E-state index contributed by atoms with van der Waals surface area (Å²) in [5.74, 6) is 0. The molecule has 2 heteroatoms. The Morgan fingerprint density at radius 1 is 1.78 bits per heavy atom. The Morgan fingerprint density at radius 3 is 2.78 bits per heavy atom. The number of alkyl halides is 1. The van der Waals surface area contributed by atoms with Gasteiger partial charge in [0.05, 0.1) is 0 Å². The fourth-order valence-corrected chi connectivity index (χ4v) is 1.38. The van der Waals surface area contributed by atoms with E-state index in [1.54, 1.807) is 0 Å². The smallest absolute Gasteiger partial charge is 0.0411 e. The first-order valence-electron chi connectivity index (χ1n) is 2.84. The van der Waals surface area contributed by atoms with Crippen LogP contribution in [-0.2, 0) is 0 Å². The predicted molar refractivity (Wildman–Crippen MR) is 53.2 cm³/mol. The van der Waals surface area contributed by atoms with Gasteiger partial charge in [0.25, 0.3) is 0 Å². The van der Waals surface area contributed by atoms with Crippen molar-refractivity contribution in [1.82, 2.24) is 0 Å². The van der Waals surface area contributed by atoms with Crippen molar-refractivity contribution in [3.05, 3.63) is 22.7 Å². The molecule has 0 saturated carbocycles. The van der Waals surface area contributed by atoms with Gasteiger partial charge in [-0.15, -0.1) is 0 Å². The molecule has 0 radical (unpaired) electrons. The van der Waals surface area contributed by atoms with E-state index in [9.17, 15) is 0 Å². The summed E-state index contributed by atoms with van der Waals surface area (Å²) in [7, 11) is 0. The van der Waals surface area contributed by atoms with E-state index >= 15 is 0 Å². The summed E-state index contributed by atoms with van der Waals surface area (Å²) in [5, 5.41) is 0. The highest BCUT2D eigenvalue weighted by Crippen LogP contribution is 2.30. The minimum Gasteiger partial charge on any atom is -0.0743 e. The van der Waals surface area contributed by atoms with E-state index in [-0.39, 0.29) is 0 Å². The first-order valence-corrected chi connectivity index (χ1v) is 4.71.